The molecule has 2 aromatic carbocycles. The molecule has 2 nitrogen and oxygen atoms in total. The zero-order valence-electron chi connectivity index (χ0n) is 13.1. The summed E-state index contributed by atoms with van der Waals surface area (Å²) in [6.45, 7) is 5.01. The zero-order chi connectivity index (χ0) is 15.6. The standard InChI is InChI=1S/C19H23ClN2/c1-15-17(9-5-10-18(15)20)19(21)11-6-12-22(14-19)13-16-7-3-2-4-8-16/h2-5,7-10H,6,11-14,21H2,1H3. The molecule has 1 unspecified atom stereocenters. The van der Waals surface area contributed by atoms with Gasteiger partial charge in [-0.2, -0.15) is 0 Å². The molecular formula is C19H23ClN2. The van der Waals surface area contributed by atoms with Gasteiger partial charge in [-0.1, -0.05) is 54.1 Å². The Balaban J connectivity index is 1.81. The molecule has 1 aliphatic rings. The number of likely N-dealkylation sites (tertiary alicyclic amines) is 1. The molecule has 2 aromatic rings. The van der Waals surface area contributed by atoms with Gasteiger partial charge in [0, 0.05) is 18.1 Å². The van der Waals surface area contributed by atoms with Gasteiger partial charge in [0.05, 0.1) is 5.54 Å². The first-order chi connectivity index (χ1) is 10.6. The summed E-state index contributed by atoms with van der Waals surface area (Å²) in [6, 6.07) is 16.7. The summed E-state index contributed by atoms with van der Waals surface area (Å²) < 4.78 is 0. The number of benzene rings is 2. The quantitative estimate of drug-likeness (QED) is 0.924. The SMILES string of the molecule is Cc1c(Cl)cccc1C1(N)CCCN(Cc2ccccc2)C1. The van der Waals surface area contributed by atoms with E-state index in [1.54, 1.807) is 0 Å². The molecule has 3 heteroatoms. The molecule has 1 aliphatic heterocycles. The van der Waals surface area contributed by atoms with E-state index >= 15 is 0 Å². The highest BCUT2D eigenvalue weighted by atomic mass is 35.5. The third kappa shape index (κ3) is 3.19. The Bertz CT molecular complexity index is 641. The van der Waals surface area contributed by atoms with Crippen LogP contribution in [0.2, 0.25) is 5.02 Å². The molecule has 1 heterocycles. The maximum atomic E-state index is 6.79. The van der Waals surface area contributed by atoms with Crippen LogP contribution in [0.15, 0.2) is 48.5 Å². The van der Waals surface area contributed by atoms with E-state index in [2.05, 4.69) is 48.2 Å². The lowest BCUT2D eigenvalue weighted by Gasteiger charge is -2.41. The summed E-state index contributed by atoms with van der Waals surface area (Å²) in [6.07, 6.45) is 2.13. The molecule has 1 saturated heterocycles. The maximum absolute atomic E-state index is 6.79. The lowest BCUT2D eigenvalue weighted by Crippen LogP contribution is -2.51. The van der Waals surface area contributed by atoms with Gasteiger partial charge >= 0.3 is 0 Å². The van der Waals surface area contributed by atoms with Gasteiger partial charge in [0.2, 0.25) is 0 Å². The Kier molecular flexibility index (Phi) is 4.53. The van der Waals surface area contributed by atoms with Crippen LogP contribution < -0.4 is 5.73 Å². The second-order valence-corrected chi connectivity index (χ2v) is 6.78. The van der Waals surface area contributed by atoms with E-state index in [0.717, 1.165) is 43.1 Å². The second kappa shape index (κ2) is 6.41. The number of rotatable bonds is 3. The van der Waals surface area contributed by atoms with Crippen molar-refractivity contribution in [3.63, 3.8) is 0 Å². The van der Waals surface area contributed by atoms with E-state index in [-0.39, 0.29) is 5.54 Å². The van der Waals surface area contributed by atoms with Crippen molar-refractivity contribution in [2.24, 2.45) is 5.73 Å². The molecule has 0 aliphatic carbocycles. The van der Waals surface area contributed by atoms with Crippen molar-refractivity contribution in [3.8, 4) is 0 Å². The van der Waals surface area contributed by atoms with E-state index in [1.165, 1.54) is 11.1 Å². The first kappa shape index (κ1) is 15.5. The smallest absolute Gasteiger partial charge is 0.0542 e. The third-order valence-corrected chi connectivity index (χ3v) is 5.07. The molecule has 0 radical (unpaired) electrons. The average molecular weight is 315 g/mol. The van der Waals surface area contributed by atoms with Crippen LogP contribution in [0.3, 0.4) is 0 Å². The minimum absolute atomic E-state index is 0.304. The summed E-state index contributed by atoms with van der Waals surface area (Å²) in [5.41, 5.74) is 10.1. The second-order valence-electron chi connectivity index (χ2n) is 6.37. The van der Waals surface area contributed by atoms with E-state index in [9.17, 15) is 0 Å². The molecule has 0 aromatic heterocycles. The lowest BCUT2D eigenvalue weighted by molar-refractivity contribution is 0.142. The predicted octanol–water partition coefficient (Wildman–Crippen LogP) is 4.10. The Labute approximate surface area is 137 Å². The van der Waals surface area contributed by atoms with Crippen molar-refractivity contribution in [1.29, 1.82) is 0 Å². The molecule has 3 rings (SSSR count). The molecule has 1 fully saturated rings. The van der Waals surface area contributed by atoms with Crippen molar-refractivity contribution in [3.05, 3.63) is 70.2 Å². The number of halogens is 1. The van der Waals surface area contributed by atoms with Gasteiger partial charge in [-0.05, 0) is 49.1 Å². The van der Waals surface area contributed by atoms with Gasteiger partial charge in [0.15, 0.2) is 0 Å². The van der Waals surface area contributed by atoms with Crippen LogP contribution in [0, 0.1) is 6.92 Å². The topological polar surface area (TPSA) is 29.3 Å². The fraction of sp³-hybridized carbons (Fsp3) is 0.368. The number of hydrogen-bond acceptors (Lipinski definition) is 2. The number of nitrogens with zero attached hydrogens (tertiary/aromatic N) is 1. The van der Waals surface area contributed by atoms with Crippen LogP contribution >= 0.6 is 11.6 Å². The largest absolute Gasteiger partial charge is 0.320 e. The summed E-state index contributed by atoms with van der Waals surface area (Å²) in [7, 11) is 0. The normalized spacial score (nSPS) is 22.7. The minimum Gasteiger partial charge on any atom is -0.320 e. The molecular weight excluding hydrogens is 292 g/mol. The maximum Gasteiger partial charge on any atom is 0.0542 e. The number of piperidine rings is 1. The van der Waals surface area contributed by atoms with Crippen LogP contribution in [-0.2, 0) is 12.1 Å². The van der Waals surface area contributed by atoms with E-state index in [1.807, 2.05) is 12.1 Å². The predicted molar refractivity (Wildman–Crippen MR) is 93.0 cm³/mol. The van der Waals surface area contributed by atoms with E-state index < -0.39 is 0 Å². The summed E-state index contributed by atoms with van der Waals surface area (Å²) >= 11 is 6.29. The summed E-state index contributed by atoms with van der Waals surface area (Å²) in [4.78, 5) is 2.46. The van der Waals surface area contributed by atoms with Crippen molar-refractivity contribution in [2.75, 3.05) is 13.1 Å². The van der Waals surface area contributed by atoms with Crippen molar-refractivity contribution < 1.29 is 0 Å². The molecule has 0 amide bonds. The van der Waals surface area contributed by atoms with Gasteiger partial charge in [-0.3, -0.25) is 4.90 Å². The highest BCUT2D eigenvalue weighted by Gasteiger charge is 2.34. The van der Waals surface area contributed by atoms with Crippen LogP contribution in [-0.4, -0.2) is 18.0 Å². The Hall–Kier alpha value is -1.35. The number of hydrogen-bond donors (Lipinski definition) is 1. The Morgan fingerprint density at radius 1 is 1.14 bits per heavy atom. The van der Waals surface area contributed by atoms with Crippen molar-refractivity contribution in [2.45, 2.75) is 31.8 Å². The fourth-order valence-corrected chi connectivity index (χ4v) is 3.69. The summed E-state index contributed by atoms with van der Waals surface area (Å²) in [5.74, 6) is 0. The average Bonchev–Trinajstić information content (AvgIpc) is 2.51. The third-order valence-electron chi connectivity index (χ3n) is 4.66. The summed E-state index contributed by atoms with van der Waals surface area (Å²) in [5, 5.41) is 0.808. The van der Waals surface area contributed by atoms with Crippen LogP contribution in [0.1, 0.15) is 29.5 Å². The van der Waals surface area contributed by atoms with Gasteiger partial charge in [0.1, 0.15) is 0 Å². The Morgan fingerprint density at radius 3 is 2.68 bits per heavy atom. The first-order valence-corrected chi connectivity index (χ1v) is 8.27. The fourth-order valence-electron chi connectivity index (χ4n) is 3.52. The van der Waals surface area contributed by atoms with Crippen LogP contribution in [0.4, 0.5) is 0 Å². The Morgan fingerprint density at radius 2 is 1.91 bits per heavy atom. The highest BCUT2D eigenvalue weighted by molar-refractivity contribution is 6.31. The molecule has 0 bridgehead atoms. The van der Waals surface area contributed by atoms with Crippen LogP contribution in [0.5, 0.6) is 0 Å². The van der Waals surface area contributed by atoms with E-state index in [0.29, 0.717) is 0 Å². The van der Waals surface area contributed by atoms with Crippen molar-refractivity contribution >= 4 is 11.6 Å². The molecule has 0 spiro atoms. The molecule has 116 valence electrons. The molecule has 2 N–H and O–H groups in total. The minimum atomic E-state index is -0.304. The molecule has 22 heavy (non-hydrogen) atoms. The zero-order valence-corrected chi connectivity index (χ0v) is 13.8. The van der Waals surface area contributed by atoms with Crippen molar-refractivity contribution in [1.82, 2.24) is 4.90 Å². The number of nitrogens with two attached hydrogens (primary N) is 1. The van der Waals surface area contributed by atoms with Gasteiger partial charge in [-0.25, -0.2) is 0 Å². The monoisotopic (exact) mass is 314 g/mol. The van der Waals surface area contributed by atoms with Gasteiger partial charge in [0.25, 0.3) is 0 Å². The first-order valence-electron chi connectivity index (χ1n) is 7.89. The molecule has 1 atom stereocenters. The lowest BCUT2D eigenvalue weighted by atomic mass is 9.81. The van der Waals surface area contributed by atoms with Crippen LogP contribution in [0.25, 0.3) is 0 Å². The molecule has 0 saturated carbocycles. The van der Waals surface area contributed by atoms with E-state index in [4.69, 9.17) is 17.3 Å². The highest BCUT2D eigenvalue weighted by Crippen LogP contribution is 2.34. The van der Waals surface area contributed by atoms with Gasteiger partial charge in [-0.15, -0.1) is 0 Å². The van der Waals surface area contributed by atoms with Gasteiger partial charge < -0.3 is 5.73 Å².